The second-order valence-corrected chi connectivity index (χ2v) is 5.28. The fourth-order valence-electron chi connectivity index (χ4n) is 2.05. The first-order valence-corrected chi connectivity index (χ1v) is 7.10. The standard InChI is InChI=1S/C16H17F3N2O3/c1-10(9-20)6-13(15(23)24-2)21-14(22)8-11-4-3-5-12(7-11)16(17,18)19/h3-5,7,10,13H,6,8H2,1-2H3,(H,21,22)/t10-,13+/m1/s1. The third-order valence-electron chi connectivity index (χ3n) is 3.25. The van der Waals surface area contributed by atoms with Crippen molar-refractivity contribution < 1.29 is 27.5 Å². The summed E-state index contributed by atoms with van der Waals surface area (Å²) >= 11 is 0. The lowest BCUT2D eigenvalue weighted by Crippen LogP contribution is -2.43. The first-order valence-electron chi connectivity index (χ1n) is 7.10. The van der Waals surface area contributed by atoms with E-state index in [0.29, 0.717) is 0 Å². The molecule has 0 radical (unpaired) electrons. The lowest BCUT2D eigenvalue weighted by molar-refractivity contribution is -0.145. The van der Waals surface area contributed by atoms with Crippen molar-refractivity contribution in [2.45, 2.75) is 32.0 Å². The van der Waals surface area contributed by atoms with Gasteiger partial charge in [-0.3, -0.25) is 4.79 Å². The Bertz CT molecular complexity index is 638. The maximum atomic E-state index is 12.7. The number of alkyl halides is 3. The predicted octanol–water partition coefficient (Wildman–Crippen LogP) is 2.46. The van der Waals surface area contributed by atoms with Crippen LogP contribution in [0.25, 0.3) is 0 Å². The quantitative estimate of drug-likeness (QED) is 0.806. The summed E-state index contributed by atoms with van der Waals surface area (Å²) in [7, 11) is 1.14. The van der Waals surface area contributed by atoms with Crippen molar-refractivity contribution in [2.75, 3.05) is 7.11 Å². The third kappa shape index (κ3) is 5.91. The van der Waals surface area contributed by atoms with Gasteiger partial charge in [-0.05, 0) is 25.0 Å². The maximum Gasteiger partial charge on any atom is 0.416 e. The van der Waals surface area contributed by atoms with E-state index in [4.69, 9.17) is 5.26 Å². The first kappa shape index (κ1) is 19.5. The van der Waals surface area contributed by atoms with Crippen LogP contribution in [0.1, 0.15) is 24.5 Å². The van der Waals surface area contributed by atoms with Crippen LogP contribution < -0.4 is 5.32 Å². The van der Waals surface area contributed by atoms with Gasteiger partial charge in [-0.2, -0.15) is 18.4 Å². The number of carbonyl (C=O) groups is 2. The summed E-state index contributed by atoms with van der Waals surface area (Å²) < 4.78 is 42.5. The van der Waals surface area contributed by atoms with Crippen LogP contribution in [0.2, 0.25) is 0 Å². The van der Waals surface area contributed by atoms with Crippen molar-refractivity contribution in [3.63, 3.8) is 0 Å². The number of hydrogen-bond acceptors (Lipinski definition) is 4. The number of amides is 1. The van der Waals surface area contributed by atoms with E-state index >= 15 is 0 Å². The maximum absolute atomic E-state index is 12.7. The second-order valence-electron chi connectivity index (χ2n) is 5.28. The van der Waals surface area contributed by atoms with E-state index < -0.39 is 35.6 Å². The summed E-state index contributed by atoms with van der Waals surface area (Å²) in [5, 5.41) is 11.2. The zero-order valence-electron chi connectivity index (χ0n) is 13.2. The number of ether oxygens (including phenoxy) is 1. The molecule has 2 atom stereocenters. The van der Waals surface area contributed by atoms with E-state index in [1.54, 1.807) is 6.92 Å². The minimum absolute atomic E-state index is 0.0531. The fourth-order valence-corrected chi connectivity index (χ4v) is 2.05. The largest absolute Gasteiger partial charge is 0.467 e. The van der Waals surface area contributed by atoms with Gasteiger partial charge in [0.1, 0.15) is 6.04 Å². The molecule has 1 N–H and O–H groups in total. The van der Waals surface area contributed by atoms with Gasteiger partial charge in [0.2, 0.25) is 5.91 Å². The molecular weight excluding hydrogens is 325 g/mol. The molecule has 130 valence electrons. The van der Waals surface area contributed by atoms with Gasteiger partial charge < -0.3 is 10.1 Å². The van der Waals surface area contributed by atoms with Crippen molar-refractivity contribution in [3.8, 4) is 6.07 Å². The molecule has 1 aromatic carbocycles. The van der Waals surface area contributed by atoms with Gasteiger partial charge in [0.25, 0.3) is 0 Å². The average Bonchev–Trinajstić information content (AvgIpc) is 2.52. The Morgan fingerprint density at radius 3 is 2.58 bits per heavy atom. The number of carbonyl (C=O) groups excluding carboxylic acids is 2. The molecule has 24 heavy (non-hydrogen) atoms. The Labute approximate surface area is 137 Å². The number of methoxy groups -OCH3 is 1. The van der Waals surface area contributed by atoms with Gasteiger partial charge >= 0.3 is 12.1 Å². The highest BCUT2D eigenvalue weighted by molar-refractivity contribution is 5.85. The number of nitrogens with one attached hydrogen (secondary N) is 1. The minimum Gasteiger partial charge on any atom is -0.467 e. The van der Waals surface area contributed by atoms with Crippen molar-refractivity contribution in [2.24, 2.45) is 5.92 Å². The number of rotatable bonds is 6. The van der Waals surface area contributed by atoms with E-state index in [-0.39, 0.29) is 18.4 Å². The molecule has 0 spiro atoms. The molecule has 1 rings (SSSR count). The van der Waals surface area contributed by atoms with Crippen molar-refractivity contribution in [1.82, 2.24) is 5.32 Å². The number of nitrogens with zero attached hydrogens (tertiary/aromatic N) is 1. The summed E-state index contributed by atoms with van der Waals surface area (Å²) in [5.41, 5.74) is -0.685. The topological polar surface area (TPSA) is 79.2 Å². The Morgan fingerprint density at radius 1 is 1.38 bits per heavy atom. The van der Waals surface area contributed by atoms with Gasteiger partial charge in [-0.1, -0.05) is 18.2 Å². The van der Waals surface area contributed by atoms with Gasteiger partial charge in [0.05, 0.1) is 25.2 Å². The first-order chi connectivity index (χ1) is 11.2. The van der Waals surface area contributed by atoms with Crippen LogP contribution in [0, 0.1) is 17.2 Å². The summed E-state index contributed by atoms with van der Waals surface area (Å²) in [6.07, 6.45) is -4.76. The Balaban J connectivity index is 2.79. The molecule has 0 aliphatic rings. The normalized spacial score (nSPS) is 13.5. The number of nitriles is 1. The smallest absolute Gasteiger partial charge is 0.416 e. The molecule has 0 saturated heterocycles. The number of hydrogen-bond donors (Lipinski definition) is 1. The molecule has 1 aromatic rings. The lowest BCUT2D eigenvalue weighted by atomic mass is 10.0. The predicted molar refractivity (Wildman–Crippen MR) is 78.5 cm³/mol. The monoisotopic (exact) mass is 342 g/mol. The van der Waals surface area contributed by atoms with Gasteiger partial charge in [-0.15, -0.1) is 0 Å². The van der Waals surface area contributed by atoms with E-state index in [1.165, 1.54) is 12.1 Å². The molecule has 0 bridgehead atoms. The highest BCUT2D eigenvalue weighted by Crippen LogP contribution is 2.29. The zero-order valence-corrected chi connectivity index (χ0v) is 13.2. The minimum atomic E-state index is -4.50. The molecule has 0 aliphatic heterocycles. The molecule has 8 heteroatoms. The molecule has 0 fully saturated rings. The van der Waals surface area contributed by atoms with Gasteiger partial charge in [-0.25, -0.2) is 4.79 Å². The summed E-state index contributed by atoms with van der Waals surface area (Å²) in [5.74, 6) is -1.84. The van der Waals surface area contributed by atoms with Crippen molar-refractivity contribution >= 4 is 11.9 Å². The third-order valence-corrected chi connectivity index (χ3v) is 3.25. The van der Waals surface area contributed by atoms with Crippen LogP contribution in [0.3, 0.4) is 0 Å². The molecule has 1 amide bonds. The van der Waals surface area contributed by atoms with E-state index in [1.807, 2.05) is 6.07 Å². The SMILES string of the molecule is COC(=O)[C@H](C[C@@H](C)C#N)NC(=O)Cc1cccc(C(F)(F)F)c1. The number of halogens is 3. The van der Waals surface area contributed by atoms with Crippen LogP contribution in [-0.4, -0.2) is 25.0 Å². The second kappa shape index (κ2) is 8.34. The average molecular weight is 342 g/mol. The fraction of sp³-hybridized carbons (Fsp3) is 0.438. The van der Waals surface area contributed by atoms with Crippen LogP contribution in [0.4, 0.5) is 13.2 Å². The lowest BCUT2D eigenvalue weighted by Gasteiger charge is -2.17. The molecule has 0 saturated carbocycles. The number of benzene rings is 1. The van der Waals surface area contributed by atoms with Crippen molar-refractivity contribution in [1.29, 1.82) is 5.26 Å². The van der Waals surface area contributed by atoms with Gasteiger partial charge in [0, 0.05) is 5.92 Å². The van der Waals surface area contributed by atoms with Crippen LogP contribution in [-0.2, 0) is 26.9 Å². The van der Waals surface area contributed by atoms with E-state index in [9.17, 15) is 22.8 Å². The number of esters is 1. The van der Waals surface area contributed by atoms with Crippen LogP contribution in [0.15, 0.2) is 24.3 Å². The highest BCUT2D eigenvalue weighted by Gasteiger charge is 2.30. The Hall–Kier alpha value is -2.56. The van der Waals surface area contributed by atoms with Gasteiger partial charge in [0.15, 0.2) is 0 Å². The van der Waals surface area contributed by atoms with E-state index in [2.05, 4.69) is 10.1 Å². The molecule has 0 aliphatic carbocycles. The molecule has 0 heterocycles. The summed E-state index contributed by atoms with van der Waals surface area (Å²) in [6.45, 7) is 1.58. The van der Waals surface area contributed by atoms with Crippen LogP contribution in [0.5, 0.6) is 0 Å². The van der Waals surface area contributed by atoms with Crippen LogP contribution >= 0.6 is 0 Å². The molecular formula is C16H17F3N2O3. The Kier molecular flexibility index (Phi) is 6.77. The summed E-state index contributed by atoms with van der Waals surface area (Å²) in [6, 6.07) is 5.30. The molecule has 0 unspecified atom stereocenters. The zero-order chi connectivity index (χ0) is 18.3. The summed E-state index contributed by atoms with van der Waals surface area (Å²) in [4.78, 5) is 23.6. The highest BCUT2D eigenvalue weighted by atomic mass is 19.4. The van der Waals surface area contributed by atoms with E-state index in [0.717, 1.165) is 19.2 Å². The molecule has 5 nitrogen and oxygen atoms in total. The molecule has 0 aromatic heterocycles. The van der Waals surface area contributed by atoms with Crippen molar-refractivity contribution in [3.05, 3.63) is 35.4 Å². The Morgan fingerprint density at radius 2 is 2.04 bits per heavy atom.